The molecular weight excluding hydrogens is 408 g/mol. The van der Waals surface area contributed by atoms with Crippen molar-refractivity contribution in [3.8, 4) is 12.1 Å². The average Bonchev–Trinajstić information content (AvgIpc) is 2.83. The van der Waals surface area contributed by atoms with Crippen molar-refractivity contribution in [1.29, 1.82) is 10.5 Å². The summed E-state index contributed by atoms with van der Waals surface area (Å²) < 4.78 is 9.80. The molecule has 162 valence electrons. The lowest BCUT2D eigenvalue weighted by atomic mass is 9.54. The number of benzene rings is 2. The minimum absolute atomic E-state index is 0.304. The Bertz CT molecular complexity index is 1130. The monoisotopic (exact) mass is 430 g/mol. The third-order valence-corrected chi connectivity index (χ3v) is 5.94. The first-order valence-corrected chi connectivity index (χ1v) is 9.89. The van der Waals surface area contributed by atoms with E-state index < -0.39 is 40.9 Å². The van der Waals surface area contributed by atoms with E-state index in [9.17, 15) is 25.2 Å². The number of rotatable bonds is 4. The molecule has 0 spiro atoms. The van der Waals surface area contributed by atoms with Crippen LogP contribution in [0.1, 0.15) is 28.5 Å². The average molecular weight is 430 g/mol. The molecule has 0 aliphatic heterocycles. The van der Waals surface area contributed by atoms with Crippen molar-refractivity contribution in [3.05, 3.63) is 82.6 Å². The summed E-state index contributed by atoms with van der Waals surface area (Å²) in [6, 6.07) is 19.7. The number of nitrogens with zero attached hydrogens (tertiary/aromatic N) is 2. The molecule has 0 heterocycles. The molecule has 1 N–H and O–H groups in total. The Morgan fingerprint density at radius 3 is 2.03 bits per heavy atom. The van der Waals surface area contributed by atoms with Crippen molar-refractivity contribution in [2.24, 2.45) is 11.3 Å². The van der Waals surface area contributed by atoms with Crippen LogP contribution in [0.25, 0.3) is 0 Å². The number of carbonyl (C=O) groups excluding carboxylic acids is 2. The molecule has 0 radical (unpaired) electrons. The van der Waals surface area contributed by atoms with Gasteiger partial charge in [-0.05, 0) is 18.1 Å². The number of aliphatic hydroxyl groups is 1. The van der Waals surface area contributed by atoms with Crippen molar-refractivity contribution in [2.75, 3.05) is 14.2 Å². The van der Waals surface area contributed by atoms with E-state index in [1.54, 1.807) is 54.6 Å². The third-order valence-electron chi connectivity index (χ3n) is 5.94. The highest BCUT2D eigenvalue weighted by atomic mass is 16.5. The Kier molecular flexibility index (Phi) is 6.32. The van der Waals surface area contributed by atoms with Crippen LogP contribution in [-0.2, 0) is 19.1 Å². The molecule has 3 rings (SSSR count). The second-order valence-corrected chi connectivity index (χ2v) is 7.62. The van der Waals surface area contributed by atoms with Gasteiger partial charge >= 0.3 is 11.9 Å². The van der Waals surface area contributed by atoms with Crippen LogP contribution in [0.4, 0.5) is 0 Å². The van der Waals surface area contributed by atoms with Crippen LogP contribution in [0.2, 0.25) is 0 Å². The minimum Gasteiger partial charge on any atom is -0.511 e. The van der Waals surface area contributed by atoms with Crippen LogP contribution in [-0.4, -0.2) is 31.3 Å². The van der Waals surface area contributed by atoms with E-state index in [4.69, 9.17) is 9.47 Å². The van der Waals surface area contributed by atoms with Crippen LogP contribution in [0.15, 0.2) is 65.9 Å². The maximum Gasteiger partial charge on any atom is 0.337 e. The van der Waals surface area contributed by atoms with Crippen LogP contribution < -0.4 is 0 Å². The van der Waals surface area contributed by atoms with Gasteiger partial charge in [-0.15, -0.1) is 0 Å². The van der Waals surface area contributed by atoms with Gasteiger partial charge in [-0.1, -0.05) is 60.2 Å². The second kappa shape index (κ2) is 8.95. The first-order chi connectivity index (χ1) is 15.4. The van der Waals surface area contributed by atoms with Gasteiger partial charge in [0.25, 0.3) is 0 Å². The van der Waals surface area contributed by atoms with Gasteiger partial charge in [-0.2, -0.15) is 10.5 Å². The van der Waals surface area contributed by atoms with Gasteiger partial charge in [0.15, 0.2) is 5.41 Å². The van der Waals surface area contributed by atoms with Crippen LogP contribution in [0.5, 0.6) is 0 Å². The summed E-state index contributed by atoms with van der Waals surface area (Å²) in [6.07, 6.45) is 0. The lowest BCUT2D eigenvalue weighted by Gasteiger charge is -2.44. The predicted octanol–water partition coefficient (Wildman–Crippen LogP) is 3.68. The molecule has 2 aromatic carbocycles. The predicted molar refractivity (Wildman–Crippen MR) is 114 cm³/mol. The van der Waals surface area contributed by atoms with E-state index in [-0.39, 0.29) is 5.57 Å². The largest absolute Gasteiger partial charge is 0.511 e. The fraction of sp³-hybridized carbons (Fsp3) is 0.280. The molecule has 0 aromatic heterocycles. The van der Waals surface area contributed by atoms with Gasteiger partial charge < -0.3 is 14.6 Å². The zero-order chi connectivity index (χ0) is 23.5. The standard InChI is InChI=1S/C25H22N2O5/c1-15-9-11-17(12-10-15)21-19(24(30)32-3)22(28)18(23(29)31-2)20(25(21,13-26)14-27)16-7-5-4-6-8-16/h4-12,18,20-21,28H,1-3H3. The third kappa shape index (κ3) is 3.48. The lowest BCUT2D eigenvalue weighted by molar-refractivity contribution is -0.147. The van der Waals surface area contributed by atoms with Crippen molar-refractivity contribution in [3.63, 3.8) is 0 Å². The summed E-state index contributed by atoms with van der Waals surface area (Å²) in [6.45, 7) is 1.88. The molecule has 1 aliphatic rings. The highest BCUT2D eigenvalue weighted by molar-refractivity contribution is 5.94. The molecule has 2 aromatic rings. The fourth-order valence-electron chi connectivity index (χ4n) is 4.45. The highest BCUT2D eigenvalue weighted by Crippen LogP contribution is 2.58. The molecule has 3 atom stereocenters. The Morgan fingerprint density at radius 2 is 1.53 bits per heavy atom. The van der Waals surface area contributed by atoms with Crippen molar-refractivity contribution in [2.45, 2.75) is 18.8 Å². The van der Waals surface area contributed by atoms with Gasteiger partial charge in [-0.25, -0.2) is 4.79 Å². The van der Waals surface area contributed by atoms with Crippen molar-refractivity contribution in [1.82, 2.24) is 0 Å². The van der Waals surface area contributed by atoms with Gasteiger partial charge in [0.2, 0.25) is 0 Å². The Hall–Kier alpha value is -4.10. The summed E-state index contributed by atoms with van der Waals surface area (Å²) in [5.41, 5.74) is -0.343. The number of methoxy groups -OCH3 is 2. The second-order valence-electron chi connectivity index (χ2n) is 7.62. The number of aliphatic hydroxyl groups excluding tert-OH is 1. The maximum absolute atomic E-state index is 12.8. The molecule has 3 unspecified atom stereocenters. The lowest BCUT2D eigenvalue weighted by Crippen LogP contribution is -2.47. The highest BCUT2D eigenvalue weighted by Gasteiger charge is 2.61. The normalized spacial score (nSPS) is 21.7. The molecule has 0 amide bonds. The van der Waals surface area contributed by atoms with Gasteiger partial charge in [0.1, 0.15) is 11.7 Å². The molecule has 1 aliphatic carbocycles. The minimum atomic E-state index is -1.93. The number of ether oxygens (including phenoxy) is 2. The summed E-state index contributed by atoms with van der Waals surface area (Å²) >= 11 is 0. The van der Waals surface area contributed by atoms with E-state index >= 15 is 0 Å². The van der Waals surface area contributed by atoms with E-state index in [0.717, 1.165) is 19.8 Å². The molecule has 0 saturated heterocycles. The quantitative estimate of drug-likeness (QED) is 0.735. The van der Waals surface area contributed by atoms with E-state index in [1.807, 2.05) is 6.92 Å². The van der Waals surface area contributed by atoms with E-state index in [2.05, 4.69) is 12.1 Å². The number of nitriles is 2. The molecule has 7 heteroatoms. The smallest absolute Gasteiger partial charge is 0.337 e. The summed E-state index contributed by atoms with van der Waals surface area (Å²) in [7, 11) is 2.27. The molecule has 7 nitrogen and oxygen atoms in total. The van der Waals surface area contributed by atoms with Crippen molar-refractivity contribution < 1.29 is 24.2 Å². The number of esters is 2. The first-order valence-electron chi connectivity index (χ1n) is 9.89. The number of hydrogen-bond donors (Lipinski definition) is 1. The molecule has 32 heavy (non-hydrogen) atoms. The first kappa shape index (κ1) is 22.6. The molecule has 0 bridgehead atoms. The Balaban J connectivity index is 2.47. The number of hydrogen-bond acceptors (Lipinski definition) is 7. The summed E-state index contributed by atoms with van der Waals surface area (Å²) in [5, 5.41) is 32.1. The van der Waals surface area contributed by atoms with Crippen LogP contribution >= 0.6 is 0 Å². The topological polar surface area (TPSA) is 120 Å². The maximum atomic E-state index is 12.8. The molecule has 0 fully saturated rings. The summed E-state index contributed by atoms with van der Waals surface area (Å²) in [4.78, 5) is 25.7. The SMILES string of the molecule is COC(=O)C1=C(O)C(C(=O)OC)C(c2ccccc2)C(C#N)(C#N)C1c1ccc(C)cc1. The molecule has 0 saturated carbocycles. The van der Waals surface area contributed by atoms with Gasteiger partial charge in [0.05, 0.1) is 37.8 Å². The molecular formula is C25H22N2O5. The zero-order valence-corrected chi connectivity index (χ0v) is 17.9. The number of aryl methyl sites for hydroxylation is 1. The van der Waals surface area contributed by atoms with Gasteiger partial charge in [0, 0.05) is 5.92 Å². The number of carbonyl (C=O) groups is 2. The van der Waals surface area contributed by atoms with Crippen molar-refractivity contribution >= 4 is 11.9 Å². The van der Waals surface area contributed by atoms with Gasteiger partial charge in [-0.3, -0.25) is 4.79 Å². The Morgan fingerprint density at radius 1 is 0.938 bits per heavy atom. The Labute approximate surface area is 186 Å². The van der Waals surface area contributed by atoms with Crippen LogP contribution in [0, 0.1) is 40.9 Å². The van der Waals surface area contributed by atoms with E-state index in [1.165, 1.54) is 0 Å². The zero-order valence-electron chi connectivity index (χ0n) is 17.9. The van der Waals surface area contributed by atoms with E-state index in [0.29, 0.717) is 11.1 Å². The summed E-state index contributed by atoms with van der Waals surface area (Å²) in [5.74, 6) is -6.08. The fourth-order valence-corrected chi connectivity index (χ4v) is 4.45. The van der Waals surface area contributed by atoms with Crippen LogP contribution in [0.3, 0.4) is 0 Å².